The summed E-state index contributed by atoms with van der Waals surface area (Å²) in [5.74, 6) is 0.711. The van der Waals surface area contributed by atoms with Crippen LogP contribution < -0.4 is 19.9 Å². The van der Waals surface area contributed by atoms with E-state index in [-0.39, 0.29) is 11.9 Å². The lowest BCUT2D eigenvalue weighted by Crippen LogP contribution is -3.27. The van der Waals surface area contributed by atoms with Crippen LogP contribution in [0.25, 0.3) is 0 Å². The lowest BCUT2D eigenvalue weighted by molar-refractivity contribution is -1.01. The zero-order valence-electron chi connectivity index (χ0n) is 15.8. The Hall–Kier alpha value is -2.37. The predicted octanol–water partition coefficient (Wildman–Crippen LogP) is 0.0966. The molecule has 0 spiro atoms. The van der Waals surface area contributed by atoms with E-state index in [0.29, 0.717) is 5.75 Å². The fourth-order valence-electron chi connectivity index (χ4n) is 3.63. The Morgan fingerprint density at radius 3 is 2.42 bits per heavy atom. The van der Waals surface area contributed by atoms with Gasteiger partial charge in [-0.15, -0.1) is 0 Å². The van der Waals surface area contributed by atoms with Gasteiger partial charge in [-0.3, -0.25) is 4.79 Å². The summed E-state index contributed by atoms with van der Waals surface area (Å²) in [5.41, 5.74) is 2.89. The van der Waals surface area contributed by atoms with Crippen molar-refractivity contribution in [2.75, 3.05) is 45.7 Å². The van der Waals surface area contributed by atoms with Gasteiger partial charge in [-0.25, -0.2) is 0 Å². The number of carbonyl (C=O) groups is 1. The summed E-state index contributed by atoms with van der Waals surface area (Å²) in [6.07, 6.45) is 0. The van der Waals surface area contributed by atoms with E-state index in [9.17, 15) is 4.79 Å². The molecular formula is C21H29N3O2+2. The number of aryl methyl sites for hydroxylation is 1. The van der Waals surface area contributed by atoms with E-state index in [1.807, 2.05) is 43.3 Å². The number of anilines is 1. The smallest absolute Gasteiger partial charge is 0.287 e. The lowest BCUT2D eigenvalue weighted by Gasteiger charge is -2.32. The fraction of sp³-hybridized carbons (Fsp3) is 0.381. The van der Waals surface area contributed by atoms with Crippen LogP contribution >= 0.6 is 0 Å². The number of benzene rings is 2. The molecular weight excluding hydrogens is 326 g/mol. The maximum atomic E-state index is 13.3. The largest absolute Gasteiger partial charge is 0.495 e. The molecule has 1 fully saturated rings. The Morgan fingerprint density at radius 1 is 1.08 bits per heavy atom. The first-order valence-electron chi connectivity index (χ1n) is 9.25. The van der Waals surface area contributed by atoms with Gasteiger partial charge in [0.2, 0.25) is 0 Å². The van der Waals surface area contributed by atoms with Crippen molar-refractivity contribution in [2.45, 2.75) is 13.0 Å². The van der Waals surface area contributed by atoms with Gasteiger partial charge in [0.15, 0.2) is 6.04 Å². The Bertz CT molecular complexity index is 740. The third kappa shape index (κ3) is 4.23. The van der Waals surface area contributed by atoms with Crippen molar-refractivity contribution < 1.29 is 19.3 Å². The average molecular weight is 355 g/mol. The Labute approximate surface area is 155 Å². The topological polar surface area (TPSA) is 47.2 Å². The molecule has 3 N–H and O–H groups in total. The van der Waals surface area contributed by atoms with Gasteiger partial charge in [-0.2, -0.15) is 0 Å². The molecule has 2 aromatic rings. The number of hydrogen-bond acceptors (Lipinski definition) is 2. The van der Waals surface area contributed by atoms with Crippen LogP contribution in [0.1, 0.15) is 17.2 Å². The minimum atomic E-state index is -0.213. The third-order valence-electron chi connectivity index (χ3n) is 5.16. The maximum absolute atomic E-state index is 13.3. The molecule has 0 unspecified atom stereocenters. The average Bonchev–Trinajstić information content (AvgIpc) is 2.65. The molecule has 1 aliphatic heterocycles. The number of likely N-dealkylation sites (N-methyl/N-ethyl adjacent to an activating group) is 1. The van der Waals surface area contributed by atoms with Crippen molar-refractivity contribution >= 4 is 11.6 Å². The summed E-state index contributed by atoms with van der Waals surface area (Å²) in [5, 5.41) is 3.12. The summed E-state index contributed by atoms with van der Waals surface area (Å²) in [4.78, 5) is 16.1. The highest BCUT2D eigenvalue weighted by atomic mass is 16.5. The predicted molar refractivity (Wildman–Crippen MR) is 103 cm³/mol. The van der Waals surface area contributed by atoms with E-state index in [1.54, 1.807) is 7.11 Å². The molecule has 138 valence electrons. The van der Waals surface area contributed by atoms with Crippen LogP contribution in [0.15, 0.2) is 48.5 Å². The van der Waals surface area contributed by atoms with Crippen LogP contribution in [0.3, 0.4) is 0 Å². The third-order valence-corrected chi connectivity index (χ3v) is 5.16. The maximum Gasteiger partial charge on any atom is 0.287 e. The highest BCUT2D eigenvalue weighted by Gasteiger charge is 2.35. The van der Waals surface area contributed by atoms with Crippen LogP contribution in [0.4, 0.5) is 5.69 Å². The number of ether oxygens (including phenoxy) is 1. The first-order valence-corrected chi connectivity index (χ1v) is 9.25. The van der Waals surface area contributed by atoms with Gasteiger partial charge in [-0.05, 0) is 24.6 Å². The zero-order valence-corrected chi connectivity index (χ0v) is 15.8. The van der Waals surface area contributed by atoms with Crippen molar-refractivity contribution in [3.05, 3.63) is 59.7 Å². The van der Waals surface area contributed by atoms with E-state index >= 15 is 0 Å². The van der Waals surface area contributed by atoms with E-state index in [0.717, 1.165) is 43.0 Å². The molecule has 1 amide bonds. The normalized spacial score (nSPS) is 21.0. The molecule has 1 saturated heterocycles. The minimum Gasteiger partial charge on any atom is -0.495 e. The van der Waals surface area contributed by atoms with E-state index in [1.165, 1.54) is 9.80 Å². The summed E-state index contributed by atoms with van der Waals surface area (Å²) in [6, 6.07) is 15.7. The molecule has 0 aliphatic carbocycles. The number of methoxy groups -OCH3 is 1. The molecule has 5 nitrogen and oxygen atoms in total. The van der Waals surface area contributed by atoms with E-state index in [4.69, 9.17) is 4.74 Å². The molecule has 1 aliphatic rings. The van der Waals surface area contributed by atoms with Crippen LogP contribution in [0.5, 0.6) is 5.75 Å². The van der Waals surface area contributed by atoms with Crippen molar-refractivity contribution in [1.29, 1.82) is 0 Å². The quantitative estimate of drug-likeness (QED) is 0.712. The fourth-order valence-corrected chi connectivity index (χ4v) is 3.63. The van der Waals surface area contributed by atoms with E-state index < -0.39 is 0 Å². The van der Waals surface area contributed by atoms with Crippen molar-refractivity contribution in [2.24, 2.45) is 0 Å². The molecule has 5 heteroatoms. The number of rotatable bonds is 5. The Kier molecular flexibility index (Phi) is 5.91. The van der Waals surface area contributed by atoms with Gasteiger partial charge in [0, 0.05) is 5.56 Å². The number of hydrogen-bond donors (Lipinski definition) is 3. The molecule has 0 bridgehead atoms. The second kappa shape index (κ2) is 8.34. The van der Waals surface area contributed by atoms with Crippen LogP contribution in [-0.4, -0.2) is 46.2 Å². The van der Waals surface area contributed by atoms with E-state index in [2.05, 4.69) is 24.5 Å². The second-order valence-corrected chi connectivity index (χ2v) is 7.15. The molecule has 26 heavy (non-hydrogen) atoms. The van der Waals surface area contributed by atoms with Crippen molar-refractivity contribution in [3.8, 4) is 5.75 Å². The molecule has 1 heterocycles. The van der Waals surface area contributed by atoms with Crippen LogP contribution in [0, 0.1) is 6.92 Å². The van der Waals surface area contributed by atoms with Gasteiger partial charge < -0.3 is 19.9 Å². The summed E-state index contributed by atoms with van der Waals surface area (Å²) in [7, 11) is 3.84. The van der Waals surface area contributed by atoms with Crippen molar-refractivity contribution in [3.63, 3.8) is 0 Å². The first-order chi connectivity index (χ1) is 12.6. The second-order valence-electron chi connectivity index (χ2n) is 7.15. The molecule has 0 saturated carbocycles. The number of amides is 1. The monoisotopic (exact) mass is 355 g/mol. The zero-order chi connectivity index (χ0) is 18.5. The highest BCUT2D eigenvalue weighted by Crippen LogP contribution is 2.26. The number of nitrogens with one attached hydrogen (secondary N) is 3. The summed E-state index contributed by atoms with van der Waals surface area (Å²) < 4.78 is 5.42. The van der Waals surface area contributed by atoms with Gasteiger partial charge in [0.05, 0.1) is 19.8 Å². The summed E-state index contributed by atoms with van der Waals surface area (Å²) in [6.45, 7) is 6.16. The van der Waals surface area contributed by atoms with Gasteiger partial charge >= 0.3 is 0 Å². The Morgan fingerprint density at radius 2 is 1.77 bits per heavy atom. The lowest BCUT2D eigenvalue weighted by atomic mass is 10.0. The Balaban J connectivity index is 1.87. The van der Waals surface area contributed by atoms with Gasteiger partial charge in [0.25, 0.3) is 5.91 Å². The summed E-state index contributed by atoms with van der Waals surface area (Å²) >= 11 is 0. The minimum absolute atomic E-state index is 0.0228. The van der Waals surface area contributed by atoms with Crippen LogP contribution in [-0.2, 0) is 4.79 Å². The standard InChI is InChI=1S/C21H27N3O2/c1-16-9-10-19(26-3)18(15-16)22-21(25)20(17-7-5-4-6-8-17)24-13-11-23(2)12-14-24/h4-10,15,20H,11-14H2,1-3H3,(H,22,25)/p+2/t20-/m1/s1. The molecule has 0 aromatic heterocycles. The van der Waals surface area contributed by atoms with Gasteiger partial charge in [-0.1, -0.05) is 36.4 Å². The molecule has 3 rings (SSSR count). The molecule has 1 atom stereocenters. The number of quaternary nitrogens is 2. The van der Waals surface area contributed by atoms with Crippen LogP contribution in [0.2, 0.25) is 0 Å². The SMILES string of the molecule is COc1ccc(C)cc1NC(=O)[C@@H](c1ccccc1)[NH+]1CC[NH+](C)CC1. The highest BCUT2D eigenvalue weighted by molar-refractivity contribution is 5.96. The van der Waals surface area contributed by atoms with Gasteiger partial charge in [0.1, 0.15) is 31.9 Å². The number of carbonyl (C=O) groups excluding carboxylic acids is 1. The molecule has 2 aromatic carbocycles. The number of piperazine rings is 1. The van der Waals surface area contributed by atoms with Crippen molar-refractivity contribution in [1.82, 2.24) is 0 Å². The first kappa shape index (κ1) is 18.4. The molecule has 0 radical (unpaired) electrons.